The fourth-order valence-electron chi connectivity index (χ4n) is 4.97. The molecule has 0 bridgehead atoms. The summed E-state index contributed by atoms with van der Waals surface area (Å²) >= 11 is 1.76. The first-order chi connectivity index (χ1) is 17.5. The van der Waals surface area contributed by atoms with E-state index >= 15 is 0 Å². The first-order valence-electron chi connectivity index (χ1n) is 11.9. The van der Waals surface area contributed by atoms with Crippen molar-refractivity contribution < 1.29 is 8.98 Å². The Balaban J connectivity index is 1.52. The largest absolute Gasteiger partial charge is 0.454 e. The molecule has 0 unspecified atom stereocenters. The van der Waals surface area contributed by atoms with Gasteiger partial charge in [-0.1, -0.05) is 72.8 Å². The van der Waals surface area contributed by atoms with Crippen LogP contribution in [0.4, 0.5) is 0 Å². The second kappa shape index (κ2) is 7.89. The molecule has 0 saturated carbocycles. The lowest BCUT2D eigenvalue weighted by Gasteiger charge is -2.10. The second-order valence-corrected chi connectivity index (χ2v) is 13.8. The SMILES string of the molecule is CP(C)(=O)c1ccc(-c2cccc(-c3c4oc5ccccc5c4nc4c3sc3ccccc34)c2)cc1. The molecule has 3 nitrogen and oxygen atoms in total. The van der Waals surface area contributed by atoms with Crippen molar-refractivity contribution in [1.29, 1.82) is 0 Å². The number of hydrogen-bond acceptors (Lipinski definition) is 4. The van der Waals surface area contributed by atoms with Crippen molar-refractivity contribution in [2.24, 2.45) is 0 Å². The number of para-hydroxylation sites is 1. The van der Waals surface area contributed by atoms with Gasteiger partial charge in [-0.15, -0.1) is 11.3 Å². The number of benzene rings is 4. The van der Waals surface area contributed by atoms with E-state index in [0.29, 0.717) is 0 Å². The van der Waals surface area contributed by atoms with Gasteiger partial charge in [-0.25, -0.2) is 4.98 Å². The minimum Gasteiger partial charge on any atom is -0.454 e. The lowest BCUT2D eigenvalue weighted by molar-refractivity contribution is 0.588. The van der Waals surface area contributed by atoms with Gasteiger partial charge in [0.1, 0.15) is 18.2 Å². The van der Waals surface area contributed by atoms with E-state index in [0.717, 1.165) is 59.8 Å². The summed E-state index contributed by atoms with van der Waals surface area (Å²) in [5.41, 5.74) is 7.95. The van der Waals surface area contributed by atoms with Gasteiger partial charge in [0.05, 0.1) is 10.2 Å². The number of fused-ring (bicyclic) bond motifs is 6. The molecule has 0 aliphatic carbocycles. The zero-order valence-electron chi connectivity index (χ0n) is 19.9. The molecule has 174 valence electrons. The standard InChI is InChI=1S/C31H22NO2PS/c1-35(2,33)22-16-14-19(15-17-22)20-8-7-9-21(18-20)27-30-28(23-10-3-5-12-25(23)34-30)32-29-24-11-4-6-13-26(24)36-31(27)29/h3-18H,1-2H3. The van der Waals surface area contributed by atoms with E-state index in [1.807, 2.05) is 30.3 Å². The minimum atomic E-state index is -2.29. The smallest absolute Gasteiger partial charge is 0.163 e. The van der Waals surface area contributed by atoms with Gasteiger partial charge in [-0.05, 0) is 54.3 Å². The molecule has 7 aromatic rings. The van der Waals surface area contributed by atoms with Gasteiger partial charge in [0.2, 0.25) is 0 Å². The van der Waals surface area contributed by atoms with Crippen molar-refractivity contribution in [3.8, 4) is 22.3 Å². The van der Waals surface area contributed by atoms with E-state index in [1.54, 1.807) is 24.7 Å². The highest BCUT2D eigenvalue weighted by molar-refractivity contribution is 7.70. The van der Waals surface area contributed by atoms with E-state index in [-0.39, 0.29) is 0 Å². The normalized spacial score (nSPS) is 12.3. The summed E-state index contributed by atoms with van der Waals surface area (Å²) in [6.45, 7) is 3.61. The van der Waals surface area contributed by atoms with E-state index in [4.69, 9.17) is 9.40 Å². The Labute approximate surface area is 212 Å². The number of thiophene rings is 1. The Kier molecular flexibility index (Phi) is 4.73. The van der Waals surface area contributed by atoms with Gasteiger partial charge < -0.3 is 8.98 Å². The van der Waals surface area contributed by atoms with Crippen LogP contribution in [0.15, 0.2) is 101 Å². The second-order valence-electron chi connectivity index (χ2n) is 9.52. The molecule has 3 heterocycles. The molecule has 5 heteroatoms. The number of hydrogen-bond donors (Lipinski definition) is 0. The lowest BCUT2D eigenvalue weighted by Crippen LogP contribution is -2.01. The van der Waals surface area contributed by atoms with Crippen LogP contribution >= 0.6 is 18.5 Å². The predicted octanol–water partition coefficient (Wildman–Crippen LogP) is 8.93. The fraction of sp³-hybridized carbons (Fsp3) is 0.0645. The summed E-state index contributed by atoms with van der Waals surface area (Å²) in [6.07, 6.45) is 0. The predicted molar refractivity (Wildman–Crippen MR) is 154 cm³/mol. The number of rotatable bonds is 3. The maximum Gasteiger partial charge on any atom is 0.163 e. The van der Waals surface area contributed by atoms with Crippen LogP contribution in [-0.4, -0.2) is 18.3 Å². The highest BCUT2D eigenvalue weighted by Gasteiger charge is 2.21. The van der Waals surface area contributed by atoms with Gasteiger partial charge in [0.15, 0.2) is 5.58 Å². The van der Waals surface area contributed by atoms with Crippen LogP contribution in [0.5, 0.6) is 0 Å². The third-order valence-corrected chi connectivity index (χ3v) is 9.51. The van der Waals surface area contributed by atoms with Crippen LogP contribution in [-0.2, 0) is 4.57 Å². The molecule has 3 aromatic heterocycles. The molecular weight excluding hydrogens is 481 g/mol. The molecule has 0 fully saturated rings. The molecule has 0 N–H and O–H groups in total. The summed E-state index contributed by atoms with van der Waals surface area (Å²) in [4.78, 5) is 5.14. The van der Waals surface area contributed by atoms with E-state index in [1.165, 1.54) is 10.1 Å². The Morgan fingerprint density at radius 2 is 1.44 bits per heavy atom. The highest BCUT2D eigenvalue weighted by atomic mass is 32.1. The topological polar surface area (TPSA) is 43.1 Å². The van der Waals surface area contributed by atoms with Crippen LogP contribution in [0.2, 0.25) is 0 Å². The summed E-state index contributed by atoms with van der Waals surface area (Å²) < 4.78 is 21.3. The molecule has 0 atom stereocenters. The zero-order chi connectivity index (χ0) is 24.4. The minimum absolute atomic E-state index is 0.820. The summed E-state index contributed by atoms with van der Waals surface area (Å²) in [5.74, 6) is 0. The zero-order valence-corrected chi connectivity index (χ0v) is 21.6. The molecule has 36 heavy (non-hydrogen) atoms. The Bertz CT molecular complexity index is 1900. The Hall–Kier alpha value is -3.72. The number of furan rings is 1. The van der Waals surface area contributed by atoms with Crippen molar-refractivity contribution >= 4 is 66.2 Å². The molecule has 0 spiro atoms. The van der Waals surface area contributed by atoms with Gasteiger partial charge in [0.25, 0.3) is 0 Å². The number of aromatic nitrogens is 1. The maximum atomic E-state index is 12.5. The Morgan fingerprint density at radius 3 is 2.25 bits per heavy atom. The van der Waals surface area contributed by atoms with Crippen LogP contribution in [0.1, 0.15) is 0 Å². The average Bonchev–Trinajstić information content (AvgIpc) is 3.45. The van der Waals surface area contributed by atoms with Crippen molar-refractivity contribution in [2.75, 3.05) is 13.3 Å². The molecule has 0 saturated heterocycles. The first kappa shape index (κ1) is 21.6. The van der Waals surface area contributed by atoms with Crippen LogP contribution in [0.3, 0.4) is 0 Å². The molecular formula is C31H22NO2PS. The molecule has 0 aliphatic rings. The maximum absolute atomic E-state index is 12.5. The lowest BCUT2D eigenvalue weighted by atomic mass is 9.98. The average molecular weight is 504 g/mol. The Morgan fingerprint density at radius 1 is 0.722 bits per heavy atom. The van der Waals surface area contributed by atoms with Crippen LogP contribution in [0.25, 0.3) is 64.6 Å². The summed E-state index contributed by atoms with van der Waals surface area (Å²) in [6, 6.07) is 33.2. The molecule has 0 aliphatic heterocycles. The number of pyridine rings is 1. The van der Waals surface area contributed by atoms with Crippen molar-refractivity contribution in [3.05, 3.63) is 97.1 Å². The first-order valence-corrected chi connectivity index (χ1v) is 15.3. The van der Waals surface area contributed by atoms with Gasteiger partial charge >= 0.3 is 0 Å². The monoisotopic (exact) mass is 503 g/mol. The molecule has 0 amide bonds. The van der Waals surface area contributed by atoms with Crippen LogP contribution < -0.4 is 5.30 Å². The fourth-order valence-corrected chi connectivity index (χ4v) is 7.04. The highest BCUT2D eigenvalue weighted by Crippen LogP contribution is 2.45. The van der Waals surface area contributed by atoms with E-state index < -0.39 is 7.14 Å². The van der Waals surface area contributed by atoms with Gasteiger partial charge in [0, 0.05) is 26.3 Å². The third-order valence-electron chi connectivity index (χ3n) is 6.79. The summed E-state index contributed by atoms with van der Waals surface area (Å²) in [5, 5.41) is 3.09. The quantitative estimate of drug-likeness (QED) is 0.226. The van der Waals surface area contributed by atoms with Gasteiger partial charge in [-0.2, -0.15) is 0 Å². The van der Waals surface area contributed by atoms with E-state index in [2.05, 4.69) is 66.7 Å². The van der Waals surface area contributed by atoms with E-state index in [9.17, 15) is 4.57 Å². The molecule has 7 rings (SSSR count). The van der Waals surface area contributed by atoms with Gasteiger partial charge in [-0.3, -0.25) is 0 Å². The van der Waals surface area contributed by atoms with Crippen molar-refractivity contribution in [2.45, 2.75) is 0 Å². The van der Waals surface area contributed by atoms with Crippen molar-refractivity contribution in [3.63, 3.8) is 0 Å². The van der Waals surface area contributed by atoms with Crippen LogP contribution in [0, 0.1) is 0 Å². The third kappa shape index (κ3) is 3.33. The molecule has 4 aromatic carbocycles. The van der Waals surface area contributed by atoms with Crippen molar-refractivity contribution in [1.82, 2.24) is 4.98 Å². The molecule has 0 radical (unpaired) electrons. The summed E-state index contributed by atoms with van der Waals surface area (Å²) in [7, 11) is -2.29. The number of nitrogens with zero attached hydrogens (tertiary/aromatic N) is 1.